The molecule has 1 amide bonds. The van der Waals surface area contributed by atoms with Crippen molar-refractivity contribution in [1.29, 1.82) is 0 Å². The topological polar surface area (TPSA) is 66.9 Å². The van der Waals surface area contributed by atoms with Gasteiger partial charge >= 0.3 is 0 Å². The fraction of sp³-hybridized carbons (Fsp3) is 0.267. The summed E-state index contributed by atoms with van der Waals surface area (Å²) >= 11 is 0. The third-order valence-electron chi connectivity index (χ3n) is 3.25. The van der Waals surface area contributed by atoms with Crippen LogP contribution in [0.4, 0.5) is 11.5 Å². The average molecular weight is 268 g/mol. The van der Waals surface area contributed by atoms with Crippen molar-refractivity contribution in [1.82, 2.24) is 9.97 Å². The van der Waals surface area contributed by atoms with Crippen molar-refractivity contribution in [2.45, 2.75) is 19.8 Å². The summed E-state index contributed by atoms with van der Waals surface area (Å²) in [4.78, 5) is 19.9. The molecule has 0 unspecified atom stereocenters. The molecule has 1 aliphatic rings. The molecule has 2 N–H and O–H groups in total. The first kappa shape index (κ1) is 12.6. The smallest absolute Gasteiger partial charge is 0.228 e. The number of carbonyl (C=O) groups is 1. The molecule has 1 aromatic carbocycles. The second kappa shape index (κ2) is 5.28. The van der Waals surface area contributed by atoms with E-state index in [9.17, 15) is 4.79 Å². The van der Waals surface area contributed by atoms with Gasteiger partial charge in [-0.05, 0) is 24.1 Å². The molecule has 5 heteroatoms. The zero-order chi connectivity index (χ0) is 13.9. The van der Waals surface area contributed by atoms with Gasteiger partial charge in [-0.3, -0.25) is 4.79 Å². The van der Waals surface area contributed by atoms with Crippen LogP contribution >= 0.6 is 0 Å². The Morgan fingerprint density at radius 1 is 1.30 bits per heavy atom. The Kier molecular flexibility index (Phi) is 3.33. The van der Waals surface area contributed by atoms with Crippen molar-refractivity contribution in [2.75, 3.05) is 17.2 Å². The van der Waals surface area contributed by atoms with Crippen molar-refractivity contribution in [2.24, 2.45) is 0 Å². The number of anilines is 2. The summed E-state index contributed by atoms with van der Waals surface area (Å²) in [6.07, 6.45) is 3.05. The standard InChI is InChI=1S/C15H16N4O/c1-2-5-16-14-8-13(17-9-18-14)10-3-4-12-11(6-10)7-15(20)19-12/h3-4,6,8-9H,2,5,7H2,1H3,(H,19,20)(H,16,17,18). The summed E-state index contributed by atoms with van der Waals surface area (Å²) in [6.45, 7) is 3.00. The molecule has 2 aromatic rings. The van der Waals surface area contributed by atoms with Crippen molar-refractivity contribution < 1.29 is 4.79 Å². The Balaban J connectivity index is 1.89. The first-order chi connectivity index (χ1) is 9.76. The van der Waals surface area contributed by atoms with Gasteiger partial charge in [0.1, 0.15) is 12.1 Å². The molecule has 2 heterocycles. The fourth-order valence-corrected chi connectivity index (χ4v) is 2.25. The monoisotopic (exact) mass is 268 g/mol. The Hall–Kier alpha value is -2.43. The molecule has 0 saturated carbocycles. The fourth-order valence-electron chi connectivity index (χ4n) is 2.25. The zero-order valence-electron chi connectivity index (χ0n) is 11.3. The number of nitrogens with one attached hydrogen (secondary N) is 2. The molecular formula is C15H16N4O. The molecule has 3 rings (SSSR count). The predicted molar refractivity (Wildman–Crippen MR) is 78.6 cm³/mol. The average Bonchev–Trinajstić information content (AvgIpc) is 2.84. The van der Waals surface area contributed by atoms with E-state index in [-0.39, 0.29) is 5.91 Å². The lowest BCUT2D eigenvalue weighted by molar-refractivity contribution is -0.115. The van der Waals surface area contributed by atoms with Crippen LogP contribution in [0.3, 0.4) is 0 Å². The minimum Gasteiger partial charge on any atom is -0.370 e. The highest BCUT2D eigenvalue weighted by atomic mass is 16.1. The van der Waals surface area contributed by atoms with Crippen LogP contribution in [0.2, 0.25) is 0 Å². The van der Waals surface area contributed by atoms with Crippen LogP contribution in [0.15, 0.2) is 30.6 Å². The number of amides is 1. The van der Waals surface area contributed by atoms with Crippen molar-refractivity contribution in [3.8, 4) is 11.3 Å². The minimum absolute atomic E-state index is 0.0464. The Morgan fingerprint density at radius 2 is 2.20 bits per heavy atom. The number of fused-ring (bicyclic) bond motifs is 1. The third-order valence-corrected chi connectivity index (χ3v) is 3.25. The van der Waals surface area contributed by atoms with Gasteiger partial charge in [0.15, 0.2) is 0 Å². The summed E-state index contributed by atoms with van der Waals surface area (Å²) in [5, 5.41) is 6.08. The Morgan fingerprint density at radius 3 is 3.05 bits per heavy atom. The summed E-state index contributed by atoms with van der Waals surface area (Å²) in [5.41, 5.74) is 3.79. The lowest BCUT2D eigenvalue weighted by atomic mass is 10.1. The quantitative estimate of drug-likeness (QED) is 0.894. The van der Waals surface area contributed by atoms with Crippen LogP contribution in [0, 0.1) is 0 Å². The lowest BCUT2D eigenvalue weighted by Crippen LogP contribution is -2.03. The largest absolute Gasteiger partial charge is 0.370 e. The molecule has 0 radical (unpaired) electrons. The van der Waals surface area contributed by atoms with Gasteiger partial charge < -0.3 is 10.6 Å². The van der Waals surface area contributed by atoms with Crippen molar-refractivity contribution in [3.05, 3.63) is 36.2 Å². The van der Waals surface area contributed by atoms with Gasteiger partial charge in [0.25, 0.3) is 0 Å². The van der Waals surface area contributed by atoms with Gasteiger partial charge in [-0.2, -0.15) is 0 Å². The number of hydrogen-bond donors (Lipinski definition) is 2. The normalized spacial score (nSPS) is 12.9. The van der Waals surface area contributed by atoms with E-state index in [1.54, 1.807) is 6.33 Å². The summed E-state index contributed by atoms with van der Waals surface area (Å²) in [7, 11) is 0. The Labute approximate surface area is 117 Å². The zero-order valence-corrected chi connectivity index (χ0v) is 11.3. The van der Waals surface area contributed by atoms with Crippen molar-refractivity contribution >= 4 is 17.4 Å². The SMILES string of the molecule is CCCNc1cc(-c2ccc3c(c2)CC(=O)N3)ncn1. The van der Waals surface area contributed by atoms with Gasteiger partial charge in [-0.15, -0.1) is 0 Å². The molecule has 1 aromatic heterocycles. The molecule has 0 atom stereocenters. The van der Waals surface area contributed by atoms with Crippen LogP contribution in [-0.4, -0.2) is 22.4 Å². The molecular weight excluding hydrogens is 252 g/mol. The summed E-state index contributed by atoms with van der Waals surface area (Å²) in [5.74, 6) is 0.872. The van der Waals surface area contributed by atoms with E-state index in [4.69, 9.17) is 0 Å². The molecule has 0 saturated heterocycles. The van der Waals surface area contributed by atoms with Crippen LogP contribution < -0.4 is 10.6 Å². The van der Waals surface area contributed by atoms with Gasteiger partial charge in [-0.1, -0.05) is 13.0 Å². The number of nitrogens with zero attached hydrogens (tertiary/aromatic N) is 2. The summed E-state index contributed by atoms with van der Waals surface area (Å²) in [6, 6.07) is 7.84. The van der Waals surface area contributed by atoms with Gasteiger partial charge in [-0.25, -0.2) is 9.97 Å². The second-order valence-corrected chi connectivity index (χ2v) is 4.81. The first-order valence-electron chi connectivity index (χ1n) is 6.75. The number of aromatic nitrogens is 2. The number of hydrogen-bond acceptors (Lipinski definition) is 4. The van der Waals surface area contributed by atoms with E-state index in [0.29, 0.717) is 6.42 Å². The molecule has 1 aliphatic heterocycles. The van der Waals surface area contributed by atoms with Crippen LogP contribution in [0.5, 0.6) is 0 Å². The van der Waals surface area contributed by atoms with Crippen LogP contribution in [-0.2, 0) is 11.2 Å². The minimum atomic E-state index is 0.0464. The van der Waals surface area contributed by atoms with Crippen LogP contribution in [0.1, 0.15) is 18.9 Å². The maximum absolute atomic E-state index is 11.4. The van der Waals surface area contributed by atoms with Crippen molar-refractivity contribution in [3.63, 3.8) is 0 Å². The maximum Gasteiger partial charge on any atom is 0.228 e. The van der Waals surface area contributed by atoms with E-state index < -0.39 is 0 Å². The van der Waals surface area contributed by atoms with E-state index >= 15 is 0 Å². The second-order valence-electron chi connectivity index (χ2n) is 4.81. The highest BCUT2D eigenvalue weighted by Crippen LogP contribution is 2.28. The molecule has 0 spiro atoms. The molecule has 0 aliphatic carbocycles. The molecule has 20 heavy (non-hydrogen) atoms. The first-order valence-corrected chi connectivity index (χ1v) is 6.75. The number of carbonyl (C=O) groups excluding carboxylic acids is 1. The third kappa shape index (κ3) is 2.47. The number of rotatable bonds is 4. The number of benzene rings is 1. The predicted octanol–water partition coefficient (Wildman–Crippen LogP) is 2.46. The lowest BCUT2D eigenvalue weighted by Gasteiger charge is -2.07. The van der Waals surface area contributed by atoms with E-state index in [2.05, 4.69) is 27.5 Å². The van der Waals surface area contributed by atoms with Crippen LogP contribution in [0.25, 0.3) is 11.3 Å². The van der Waals surface area contributed by atoms with Gasteiger partial charge in [0, 0.05) is 23.9 Å². The molecule has 0 fully saturated rings. The van der Waals surface area contributed by atoms with Gasteiger partial charge in [0.05, 0.1) is 12.1 Å². The van der Waals surface area contributed by atoms with E-state index in [1.165, 1.54) is 0 Å². The Bertz CT molecular complexity index is 654. The van der Waals surface area contributed by atoms with E-state index in [0.717, 1.165) is 41.3 Å². The van der Waals surface area contributed by atoms with Gasteiger partial charge in [0.2, 0.25) is 5.91 Å². The molecule has 0 bridgehead atoms. The highest BCUT2D eigenvalue weighted by Gasteiger charge is 2.18. The van der Waals surface area contributed by atoms with E-state index in [1.807, 2.05) is 24.3 Å². The molecule has 102 valence electrons. The molecule has 5 nitrogen and oxygen atoms in total. The summed E-state index contributed by atoms with van der Waals surface area (Å²) < 4.78 is 0. The maximum atomic E-state index is 11.4. The highest BCUT2D eigenvalue weighted by molar-refractivity contribution is 5.99.